The van der Waals surface area contributed by atoms with Gasteiger partial charge in [0.2, 0.25) is 0 Å². The molecule has 0 atom stereocenters. The van der Waals surface area contributed by atoms with Gasteiger partial charge in [0.25, 0.3) is 5.91 Å². The zero-order valence-corrected chi connectivity index (χ0v) is 17.3. The van der Waals surface area contributed by atoms with Crippen LogP contribution in [0.3, 0.4) is 0 Å². The molecule has 1 amide bonds. The highest BCUT2D eigenvalue weighted by Crippen LogP contribution is 2.27. The fourth-order valence-electron chi connectivity index (χ4n) is 3.18. The molecule has 1 aromatic heterocycles. The van der Waals surface area contributed by atoms with Gasteiger partial charge in [-0.3, -0.25) is 4.79 Å². The number of carbonyl (C=O) groups excluding carboxylic acids is 1. The number of rotatable bonds is 6. The minimum absolute atomic E-state index is 0.229. The maximum Gasteiger partial charge on any atom is 0.256 e. The first-order chi connectivity index (χ1) is 15.5. The second-order valence-corrected chi connectivity index (χ2v) is 7.14. The van der Waals surface area contributed by atoms with Crippen molar-refractivity contribution in [3.63, 3.8) is 0 Å². The molecule has 0 saturated heterocycles. The lowest BCUT2D eigenvalue weighted by atomic mass is 10.1. The van der Waals surface area contributed by atoms with Crippen molar-refractivity contribution in [2.75, 3.05) is 11.9 Å². The highest BCUT2D eigenvalue weighted by molar-refractivity contribution is 5.99. The number of carbonyl (C=O) groups is 1. The summed E-state index contributed by atoms with van der Waals surface area (Å²) in [6.45, 7) is 0.229. The molecule has 4 rings (SSSR count). The minimum Gasteiger partial charge on any atom is -0.348 e. The van der Waals surface area contributed by atoms with Crippen LogP contribution in [0.5, 0.6) is 0 Å². The highest BCUT2D eigenvalue weighted by Gasteiger charge is 2.19. The average molecular weight is 430 g/mol. The molecule has 0 aliphatic heterocycles. The molecular formula is C25H20F2N4O. The number of halogens is 2. The average Bonchev–Trinajstić information content (AvgIpc) is 2.83. The normalized spacial score (nSPS) is 10.6. The maximum atomic E-state index is 13.3. The third kappa shape index (κ3) is 4.78. The van der Waals surface area contributed by atoms with Crippen molar-refractivity contribution in [3.8, 4) is 11.4 Å². The Kier molecular flexibility index (Phi) is 6.17. The van der Waals surface area contributed by atoms with E-state index >= 15 is 0 Å². The number of nitrogens with one attached hydrogen (secondary N) is 1. The molecular weight excluding hydrogens is 410 g/mol. The highest BCUT2D eigenvalue weighted by atomic mass is 19.1. The Morgan fingerprint density at radius 1 is 0.906 bits per heavy atom. The van der Waals surface area contributed by atoms with Gasteiger partial charge in [-0.1, -0.05) is 30.3 Å². The summed E-state index contributed by atoms with van der Waals surface area (Å²) in [6, 6.07) is 21.2. The lowest BCUT2D eigenvalue weighted by Crippen LogP contribution is -2.26. The van der Waals surface area contributed by atoms with Crippen LogP contribution < -0.4 is 10.2 Å². The third-order valence-electron chi connectivity index (χ3n) is 4.94. The van der Waals surface area contributed by atoms with Crippen LogP contribution in [-0.2, 0) is 6.54 Å². The van der Waals surface area contributed by atoms with Crippen LogP contribution in [0.1, 0.15) is 15.9 Å². The van der Waals surface area contributed by atoms with Crippen LogP contribution in [0.4, 0.5) is 20.3 Å². The largest absolute Gasteiger partial charge is 0.348 e. The van der Waals surface area contributed by atoms with Gasteiger partial charge in [-0.25, -0.2) is 18.7 Å². The third-order valence-corrected chi connectivity index (χ3v) is 4.94. The van der Waals surface area contributed by atoms with Gasteiger partial charge in [0.05, 0.1) is 0 Å². The topological polar surface area (TPSA) is 58.1 Å². The summed E-state index contributed by atoms with van der Waals surface area (Å²) >= 11 is 0. The van der Waals surface area contributed by atoms with Crippen molar-refractivity contribution in [1.82, 2.24) is 15.3 Å². The zero-order valence-electron chi connectivity index (χ0n) is 17.3. The zero-order chi connectivity index (χ0) is 22.5. The lowest BCUT2D eigenvalue weighted by molar-refractivity contribution is 0.0951. The molecule has 0 bridgehead atoms. The smallest absolute Gasteiger partial charge is 0.256 e. The molecule has 32 heavy (non-hydrogen) atoms. The monoisotopic (exact) mass is 430 g/mol. The predicted octanol–water partition coefficient (Wildman–Crippen LogP) is 5.12. The molecule has 160 valence electrons. The minimum atomic E-state index is -0.363. The number of anilines is 2. The van der Waals surface area contributed by atoms with Crippen molar-refractivity contribution in [1.29, 1.82) is 0 Å². The summed E-state index contributed by atoms with van der Waals surface area (Å²) < 4.78 is 26.4. The summed E-state index contributed by atoms with van der Waals surface area (Å²) in [5.41, 5.74) is 2.52. The van der Waals surface area contributed by atoms with Crippen molar-refractivity contribution in [3.05, 3.63) is 108 Å². The second-order valence-electron chi connectivity index (χ2n) is 7.14. The standard InChI is InChI=1S/C25H20F2N4O/c1-31(21-5-3-2-4-6-21)24-22(25(32)29-15-17-7-11-19(26)12-8-17)16-28-23(30-24)18-9-13-20(27)14-10-18/h2-14,16H,15H2,1H3,(H,29,32). The van der Waals surface area contributed by atoms with E-state index in [-0.39, 0.29) is 29.6 Å². The van der Waals surface area contributed by atoms with E-state index in [1.54, 1.807) is 29.2 Å². The molecule has 1 heterocycles. The van der Waals surface area contributed by atoms with Crippen LogP contribution in [0.2, 0.25) is 0 Å². The summed E-state index contributed by atoms with van der Waals surface area (Å²) in [4.78, 5) is 23.7. The Labute approximate surface area is 184 Å². The van der Waals surface area contributed by atoms with Crippen molar-refractivity contribution in [2.24, 2.45) is 0 Å². The summed E-state index contributed by atoms with van der Waals surface area (Å²) in [7, 11) is 1.81. The Balaban J connectivity index is 1.67. The number of aromatic nitrogens is 2. The van der Waals surface area contributed by atoms with E-state index in [0.29, 0.717) is 17.2 Å². The van der Waals surface area contributed by atoms with Gasteiger partial charge in [-0.05, 0) is 54.1 Å². The van der Waals surface area contributed by atoms with Crippen LogP contribution in [0.15, 0.2) is 85.1 Å². The Morgan fingerprint density at radius 3 is 2.19 bits per heavy atom. The second kappa shape index (κ2) is 9.34. The van der Waals surface area contributed by atoms with E-state index in [1.807, 2.05) is 37.4 Å². The molecule has 0 spiro atoms. The number of amides is 1. The van der Waals surface area contributed by atoms with Crippen LogP contribution in [-0.4, -0.2) is 22.9 Å². The first kappa shape index (κ1) is 21.1. The Hall–Kier alpha value is -4.13. The molecule has 1 N–H and O–H groups in total. The Morgan fingerprint density at radius 2 is 1.53 bits per heavy atom. The molecule has 0 fully saturated rings. The fraction of sp³-hybridized carbons (Fsp3) is 0.0800. The molecule has 0 aliphatic carbocycles. The molecule has 0 aliphatic rings. The van der Waals surface area contributed by atoms with Crippen LogP contribution in [0.25, 0.3) is 11.4 Å². The molecule has 0 radical (unpaired) electrons. The van der Waals surface area contributed by atoms with Gasteiger partial charge in [-0.15, -0.1) is 0 Å². The molecule has 0 unspecified atom stereocenters. The van der Waals surface area contributed by atoms with E-state index in [1.165, 1.54) is 30.5 Å². The van der Waals surface area contributed by atoms with Gasteiger partial charge < -0.3 is 10.2 Å². The fourth-order valence-corrected chi connectivity index (χ4v) is 3.18. The van der Waals surface area contributed by atoms with E-state index in [2.05, 4.69) is 15.3 Å². The van der Waals surface area contributed by atoms with Gasteiger partial charge in [0, 0.05) is 31.0 Å². The van der Waals surface area contributed by atoms with Crippen LogP contribution in [0, 0.1) is 11.6 Å². The SMILES string of the molecule is CN(c1ccccc1)c1nc(-c2ccc(F)cc2)ncc1C(=O)NCc1ccc(F)cc1. The number of para-hydroxylation sites is 1. The first-order valence-corrected chi connectivity index (χ1v) is 9.95. The Bertz CT molecular complexity index is 1210. The summed E-state index contributed by atoms with van der Waals surface area (Å²) in [6.07, 6.45) is 1.46. The first-order valence-electron chi connectivity index (χ1n) is 9.95. The van der Waals surface area contributed by atoms with E-state index < -0.39 is 0 Å². The van der Waals surface area contributed by atoms with Crippen molar-refractivity contribution in [2.45, 2.75) is 6.54 Å². The van der Waals surface area contributed by atoms with Crippen molar-refractivity contribution >= 4 is 17.4 Å². The van der Waals surface area contributed by atoms with E-state index in [0.717, 1.165) is 11.3 Å². The molecule has 5 nitrogen and oxygen atoms in total. The van der Waals surface area contributed by atoms with E-state index in [4.69, 9.17) is 0 Å². The molecule has 3 aromatic carbocycles. The van der Waals surface area contributed by atoms with E-state index in [9.17, 15) is 13.6 Å². The lowest BCUT2D eigenvalue weighted by Gasteiger charge is -2.21. The van der Waals surface area contributed by atoms with Gasteiger partial charge in [0.1, 0.15) is 23.0 Å². The quantitative estimate of drug-likeness (QED) is 0.461. The molecule has 7 heteroatoms. The van der Waals surface area contributed by atoms with Crippen LogP contribution >= 0.6 is 0 Å². The predicted molar refractivity (Wildman–Crippen MR) is 120 cm³/mol. The maximum absolute atomic E-state index is 13.3. The summed E-state index contributed by atoms with van der Waals surface area (Å²) in [5.74, 6) is -0.276. The van der Waals surface area contributed by atoms with Gasteiger partial charge in [-0.2, -0.15) is 0 Å². The molecule has 4 aromatic rings. The number of nitrogens with zero attached hydrogens (tertiary/aromatic N) is 3. The van der Waals surface area contributed by atoms with Crippen molar-refractivity contribution < 1.29 is 13.6 Å². The summed E-state index contributed by atoms with van der Waals surface area (Å²) in [5, 5.41) is 2.83. The number of benzene rings is 3. The van der Waals surface area contributed by atoms with Gasteiger partial charge >= 0.3 is 0 Å². The number of hydrogen-bond donors (Lipinski definition) is 1. The molecule has 0 saturated carbocycles. The van der Waals surface area contributed by atoms with Gasteiger partial charge in [0.15, 0.2) is 5.82 Å². The number of hydrogen-bond acceptors (Lipinski definition) is 4.